The Balaban J connectivity index is 0.000000423. The summed E-state index contributed by atoms with van der Waals surface area (Å²) < 4.78 is 0. The van der Waals surface area contributed by atoms with Crippen molar-refractivity contribution in [3.8, 4) is 0 Å². The molecule has 0 unspecified atom stereocenters. The Morgan fingerprint density at radius 2 is 1.93 bits per heavy atom. The van der Waals surface area contributed by atoms with Crippen LogP contribution in [0.5, 0.6) is 0 Å². The van der Waals surface area contributed by atoms with Crippen LogP contribution in [-0.2, 0) is 9.59 Å². The van der Waals surface area contributed by atoms with Crippen molar-refractivity contribution in [1.82, 2.24) is 10.8 Å². The van der Waals surface area contributed by atoms with Crippen molar-refractivity contribution < 1.29 is 14.8 Å². The summed E-state index contributed by atoms with van der Waals surface area (Å²) in [7, 11) is 0. The molecular formula is C10H20N2O3. The van der Waals surface area contributed by atoms with Gasteiger partial charge in [-0.05, 0) is 12.8 Å². The van der Waals surface area contributed by atoms with E-state index in [9.17, 15) is 9.59 Å². The Hall–Kier alpha value is -0.940. The number of hydroxylamine groups is 1. The number of aldehydes is 1. The molecule has 0 bridgehead atoms. The van der Waals surface area contributed by atoms with E-state index in [1.807, 2.05) is 12.4 Å². The van der Waals surface area contributed by atoms with E-state index in [1.165, 1.54) is 6.92 Å². The Labute approximate surface area is 90.2 Å². The van der Waals surface area contributed by atoms with E-state index in [1.54, 1.807) is 0 Å². The lowest BCUT2D eigenvalue weighted by atomic mass is 10.0. The summed E-state index contributed by atoms with van der Waals surface area (Å²) in [5.41, 5.74) is 1.41. The van der Waals surface area contributed by atoms with Crippen molar-refractivity contribution in [2.75, 3.05) is 6.54 Å². The molecule has 0 heterocycles. The Kier molecular flexibility index (Phi) is 6.90. The SMILES string of the molecule is CC(=O)NC1(C=O)CCCC1.CCNO. The van der Waals surface area contributed by atoms with E-state index in [-0.39, 0.29) is 5.91 Å². The van der Waals surface area contributed by atoms with Gasteiger partial charge in [0.05, 0.1) is 5.54 Å². The first-order chi connectivity index (χ1) is 7.10. The predicted octanol–water partition coefficient (Wildman–Crippen LogP) is 0.619. The summed E-state index contributed by atoms with van der Waals surface area (Å²) in [5.74, 6) is -0.112. The van der Waals surface area contributed by atoms with Crippen LogP contribution in [0.2, 0.25) is 0 Å². The predicted molar refractivity (Wildman–Crippen MR) is 56.5 cm³/mol. The summed E-state index contributed by atoms with van der Waals surface area (Å²) in [4.78, 5) is 21.3. The smallest absolute Gasteiger partial charge is 0.217 e. The molecule has 0 aromatic carbocycles. The second-order valence-corrected chi connectivity index (χ2v) is 3.67. The molecule has 1 saturated carbocycles. The van der Waals surface area contributed by atoms with E-state index < -0.39 is 5.54 Å². The Morgan fingerprint density at radius 3 is 2.20 bits per heavy atom. The lowest BCUT2D eigenvalue weighted by Crippen LogP contribution is -2.46. The zero-order valence-corrected chi connectivity index (χ0v) is 9.38. The number of rotatable bonds is 3. The highest BCUT2D eigenvalue weighted by Gasteiger charge is 2.33. The first-order valence-corrected chi connectivity index (χ1v) is 5.22. The van der Waals surface area contributed by atoms with Crippen LogP contribution >= 0.6 is 0 Å². The molecule has 5 nitrogen and oxygen atoms in total. The molecule has 0 aliphatic heterocycles. The lowest BCUT2D eigenvalue weighted by molar-refractivity contribution is -0.125. The monoisotopic (exact) mass is 216 g/mol. The fourth-order valence-corrected chi connectivity index (χ4v) is 1.63. The molecule has 1 aliphatic carbocycles. The van der Waals surface area contributed by atoms with Crippen molar-refractivity contribution in [2.45, 2.75) is 45.1 Å². The van der Waals surface area contributed by atoms with Crippen molar-refractivity contribution in [3.63, 3.8) is 0 Å². The Morgan fingerprint density at radius 1 is 1.47 bits per heavy atom. The molecule has 1 aliphatic rings. The molecule has 1 rings (SSSR count). The number of amides is 1. The highest BCUT2D eigenvalue weighted by atomic mass is 16.5. The highest BCUT2D eigenvalue weighted by molar-refractivity contribution is 5.79. The zero-order chi connectivity index (χ0) is 11.7. The molecule has 1 fully saturated rings. The van der Waals surface area contributed by atoms with Gasteiger partial charge in [-0.15, -0.1) is 0 Å². The lowest BCUT2D eigenvalue weighted by Gasteiger charge is -2.22. The number of hydrogen-bond donors (Lipinski definition) is 3. The second kappa shape index (κ2) is 7.36. The average molecular weight is 216 g/mol. The van der Waals surface area contributed by atoms with E-state index in [2.05, 4.69) is 5.32 Å². The number of hydrogen-bond acceptors (Lipinski definition) is 4. The van der Waals surface area contributed by atoms with Crippen molar-refractivity contribution >= 4 is 12.2 Å². The molecule has 3 N–H and O–H groups in total. The summed E-state index contributed by atoms with van der Waals surface area (Å²) in [6.45, 7) is 3.89. The molecule has 0 atom stereocenters. The maximum atomic E-state index is 10.7. The molecule has 0 saturated heterocycles. The first kappa shape index (κ1) is 14.1. The van der Waals surface area contributed by atoms with Gasteiger partial charge < -0.3 is 15.3 Å². The molecular weight excluding hydrogens is 196 g/mol. The van der Waals surface area contributed by atoms with Gasteiger partial charge in [0, 0.05) is 13.5 Å². The van der Waals surface area contributed by atoms with Crippen LogP contribution in [-0.4, -0.2) is 29.5 Å². The van der Waals surface area contributed by atoms with Crippen LogP contribution in [0.3, 0.4) is 0 Å². The van der Waals surface area contributed by atoms with Gasteiger partial charge in [-0.3, -0.25) is 4.79 Å². The molecule has 88 valence electrons. The van der Waals surface area contributed by atoms with E-state index >= 15 is 0 Å². The van der Waals surface area contributed by atoms with Gasteiger partial charge >= 0.3 is 0 Å². The third-order valence-electron chi connectivity index (χ3n) is 2.30. The van der Waals surface area contributed by atoms with Gasteiger partial charge in [0.1, 0.15) is 6.29 Å². The topological polar surface area (TPSA) is 78.4 Å². The largest absolute Gasteiger partial charge is 0.344 e. The van der Waals surface area contributed by atoms with Gasteiger partial charge in [-0.1, -0.05) is 19.8 Å². The van der Waals surface area contributed by atoms with Gasteiger partial charge in [0.25, 0.3) is 0 Å². The van der Waals surface area contributed by atoms with Crippen LogP contribution in [0.4, 0.5) is 0 Å². The third kappa shape index (κ3) is 5.49. The minimum Gasteiger partial charge on any atom is -0.344 e. The molecule has 1 amide bonds. The fraction of sp³-hybridized carbons (Fsp3) is 0.800. The third-order valence-corrected chi connectivity index (χ3v) is 2.30. The fourth-order valence-electron chi connectivity index (χ4n) is 1.63. The van der Waals surface area contributed by atoms with Gasteiger partial charge in [0.15, 0.2) is 0 Å². The van der Waals surface area contributed by atoms with Crippen LogP contribution in [0.1, 0.15) is 39.5 Å². The van der Waals surface area contributed by atoms with Crippen LogP contribution in [0.25, 0.3) is 0 Å². The normalized spacial score (nSPS) is 17.5. The maximum absolute atomic E-state index is 10.7. The number of carbonyl (C=O) groups is 2. The summed E-state index contributed by atoms with van der Waals surface area (Å²) in [6.07, 6.45) is 4.56. The van der Waals surface area contributed by atoms with E-state index in [4.69, 9.17) is 5.21 Å². The van der Waals surface area contributed by atoms with Gasteiger partial charge in [-0.25, -0.2) is 5.48 Å². The van der Waals surface area contributed by atoms with E-state index in [0.29, 0.717) is 6.54 Å². The van der Waals surface area contributed by atoms with E-state index in [0.717, 1.165) is 32.0 Å². The van der Waals surface area contributed by atoms with Crippen molar-refractivity contribution in [1.29, 1.82) is 0 Å². The van der Waals surface area contributed by atoms with Gasteiger partial charge in [0.2, 0.25) is 5.91 Å². The zero-order valence-electron chi connectivity index (χ0n) is 9.38. The van der Waals surface area contributed by atoms with Crippen LogP contribution in [0, 0.1) is 0 Å². The average Bonchev–Trinajstić information content (AvgIpc) is 2.66. The molecule has 15 heavy (non-hydrogen) atoms. The number of carbonyl (C=O) groups excluding carboxylic acids is 2. The molecule has 0 radical (unpaired) electrons. The quantitative estimate of drug-likeness (QED) is 0.477. The van der Waals surface area contributed by atoms with Crippen molar-refractivity contribution in [2.24, 2.45) is 0 Å². The maximum Gasteiger partial charge on any atom is 0.217 e. The van der Waals surface area contributed by atoms with Crippen LogP contribution < -0.4 is 10.8 Å². The van der Waals surface area contributed by atoms with Crippen LogP contribution in [0.15, 0.2) is 0 Å². The molecule has 0 spiro atoms. The van der Waals surface area contributed by atoms with Gasteiger partial charge in [-0.2, -0.15) is 0 Å². The minimum atomic E-state index is -0.522. The molecule has 5 heteroatoms. The van der Waals surface area contributed by atoms with Crippen molar-refractivity contribution in [3.05, 3.63) is 0 Å². The summed E-state index contributed by atoms with van der Waals surface area (Å²) in [5, 5.41) is 10.3. The summed E-state index contributed by atoms with van der Waals surface area (Å²) in [6, 6.07) is 0. The highest BCUT2D eigenvalue weighted by Crippen LogP contribution is 2.27. The molecule has 0 aromatic rings. The number of nitrogens with one attached hydrogen (secondary N) is 2. The minimum absolute atomic E-state index is 0.112. The Bertz CT molecular complexity index is 199. The summed E-state index contributed by atoms with van der Waals surface area (Å²) >= 11 is 0. The standard InChI is InChI=1S/C8H13NO2.C2H7NO/c1-7(11)9-8(6-10)4-2-3-5-8;1-2-3-4/h6H,2-5H2,1H3,(H,9,11);3-4H,2H2,1H3. The molecule has 0 aromatic heterocycles. The second-order valence-electron chi connectivity index (χ2n) is 3.67. The first-order valence-electron chi connectivity index (χ1n) is 5.22.